The number of nitrogens with zero attached hydrogens (tertiary/aromatic N) is 1. The zero-order valence-corrected chi connectivity index (χ0v) is 11.9. The van der Waals surface area contributed by atoms with Gasteiger partial charge in [0.05, 0.1) is 10.9 Å². The lowest BCUT2D eigenvalue weighted by Crippen LogP contribution is -2.36. The minimum atomic E-state index is -1.59. The number of anilines is 1. The van der Waals surface area contributed by atoms with E-state index in [1.807, 2.05) is 0 Å². The molecular formula is C13H11ClF2N2O4. The minimum Gasteiger partial charge on any atom is -0.474 e. The topological polar surface area (TPSA) is 86.7 Å². The van der Waals surface area contributed by atoms with Gasteiger partial charge in [0.15, 0.2) is 11.6 Å². The first-order valence-electron chi connectivity index (χ1n) is 6.27. The molecular weight excluding hydrogens is 322 g/mol. The predicted octanol–water partition coefficient (Wildman–Crippen LogP) is 1.49. The molecule has 118 valence electrons. The van der Waals surface area contributed by atoms with E-state index < -0.39 is 40.4 Å². The number of hydrogen-bond donors (Lipinski definition) is 2. The highest BCUT2D eigenvalue weighted by Gasteiger charge is 2.33. The van der Waals surface area contributed by atoms with Gasteiger partial charge < -0.3 is 15.3 Å². The van der Waals surface area contributed by atoms with Crippen LogP contribution >= 0.6 is 11.6 Å². The van der Waals surface area contributed by atoms with Crippen molar-refractivity contribution < 1.29 is 28.3 Å². The molecule has 1 fully saturated rings. The van der Waals surface area contributed by atoms with Crippen LogP contribution < -0.4 is 5.32 Å². The van der Waals surface area contributed by atoms with Crippen LogP contribution in [0.2, 0.25) is 5.02 Å². The van der Waals surface area contributed by atoms with Gasteiger partial charge >= 0.3 is 11.9 Å². The summed E-state index contributed by atoms with van der Waals surface area (Å²) in [6, 6.07) is 1.85. The van der Waals surface area contributed by atoms with Crippen LogP contribution in [0.4, 0.5) is 14.5 Å². The van der Waals surface area contributed by atoms with Crippen molar-refractivity contribution >= 4 is 35.1 Å². The highest BCUT2D eigenvalue weighted by Crippen LogP contribution is 2.24. The Morgan fingerprint density at radius 2 is 2.00 bits per heavy atom. The zero-order valence-electron chi connectivity index (χ0n) is 11.1. The van der Waals surface area contributed by atoms with Gasteiger partial charge in [-0.3, -0.25) is 9.59 Å². The van der Waals surface area contributed by atoms with E-state index in [1.54, 1.807) is 0 Å². The number of hydrogen-bond acceptors (Lipinski definition) is 3. The fourth-order valence-corrected chi connectivity index (χ4v) is 2.37. The van der Waals surface area contributed by atoms with Crippen LogP contribution in [0, 0.1) is 17.6 Å². The van der Waals surface area contributed by atoms with Crippen molar-refractivity contribution in [1.29, 1.82) is 0 Å². The van der Waals surface area contributed by atoms with E-state index in [1.165, 1.54) is 0 Å². The molecule has 1 aliphatic heterocycles. The van der Waals surface area contributed by atoms with E-state index >= 15 is 0 Å². The third-order valence-corrected chi connectivity index (χ3v) is 3.56. The number of nitrogens with one attached hydrogen (secondary N) is 1. The van der Waals surface area contributed by atoms with Crippen molar-refractivity contribution in [1.82, 2.24) is 4.90 Å². The normalized spacial score (nSPS) is 17.4. The molecule has 2 amide bonds. The highest BCUT2D eigenvalue weighted by molar-refractivity contribution is 6.31. The summed E-state index contributed by atoms with van der Waals surface area (Å²) in [5, 5.41) is 10.5. The van der Waals surface area contributed by atoms with Crippen LogP contribution in [0.15, 0.2) is 12.1 Å². The van der Waals surface area contributed by atoms with Gasteiger partial charge in [-0.25, -0.2) is 13.6 Å². The molecule has 1 atom stereocenters. The summed E-state index contributed by atoms with van der Waals surface area (Å²) < 4.78 is 26.2. The van der Waals surface area contributed by atoms with Crippen LogP contribution in [-0.2, 0) is 14.4 Å². The molecule has 1 saturated heterocycles. The SMILES string of the molecule is O=C(O)C(=O)N1CC[C@H](C(=O)Nc2cc(F)c(F)c(Cl)c2)C1. The molecule has 6 nitrogen and oxygen atoms in total. The van der Waals surface area contributed by atoms with Gasteiger partial charge in [0.2, 0.25) is 5.91 Å². The van der Waals surface area contributed by atoms with Gasteiger partial charge in [-0.15, -0.1) is 0 Å². The fourth-order valence-electron chi connectivity index (χ4n) is 2.17. The Kier molecular flexibility index (Phi) is 4.60. The van der Waals surface area contributed by atoms with E-state index in [0.29, 0.717) is 0 Å². The molecule has 2 N–H and O–H groups in total. The van der Waals surface area contributed by atoms with Crippen LogP contribution in [0.3, 0.4) is 0 Å². The van der Waals surface area contributed by atoms with E-state index in [4.69, 9.17) is 16.7 Å². The van der Waals surface area contributed by atoms with Crippen LogP contribution in [-0.4, -0.2) is 40.9 Å². The summed E-state index contributed by atoms with van der Waals surface area (Å²) in [6.45, 7) is 0.0934. The summed E-state index contributed by atoms with van der Waals surface area (Å²) in [6.07, 6.45) is 0.280. The number of amides is 2. The maximum absolute atomic E-state index is 13.2. The van der Waals surface area contributed by atoms with Crippen molar-refractivity contribution in [2.45, 2.75) is 6.42 Å². The van der Waals surface area contributed by atoms with Crippen molar-refractivity contribution in [3.05, 3.63) is 28.8 Å². The number of carboxylic acid groups (broad SMARTS) is 1. The zero-order chi connectivity index (χ0) is 16.4. The van der Waals surface area contributed by atoms with Crippen molar-refractivity contribution in [3.63, 3.8) is 0 Å². The largest absolute Gasteiger partial charge is 0.474 e. The molecule has 1 aromatic rings. The van der Waals surface area contributed by atoms with Crippen LogP contribution in [0.25, 0.3) is 0 Å². The molecule has 0 aromatic heterocycles. The number of carbonyl (C=O) groups excluding carboxylic acids is 2. The van der Waals surface area contributed by atoms with Gasteiger partial charge in [-0.1, -0.05) is 11.6 Å². The summed E-state index contributed by atoms with van der Waals surface area (Å²) >= 11 is 5.48. The molecule has 2 rings (SSSR count). The Labute approximate surface area is 128 Å². The van der Waals surface area contributed by atoms with Gasteiger partial charge in [-0.2, -0.15) is 0 Å². The average molecular weight is 333 g/mol. The average Bonchev–Trinajstić information content (AvgIpc) is 2.93. The Hall–Kier alpha value is -2.22. The first-order chi connectivity index (χ1) is 10.3. The molecule has 0 saturated carbocycles. The minimum absolute atomic E-state index is 0.0167. The standard InChI is InChI=1S/C13H11ClF2N2O4/c14-8-3-7(4-9(15)10(8)16)17-11(19)6-1-2-18(5-6)12(20)13(21)22/h3-4,6H,1-2,5H2,(H,17,19)(H,21,22)/t6-/m0/s1. The van der Waals surface area contributed by atoms with E-state index in [0.717, 1.165) is 17.0 Å². The highest BCUT2D eigenvalue weighted by atomic mass is 35.5. The number of halogens is 3. The van der Waals surface area contributed by atoms with E-state index in [-0.39, 0.29) is 25.2 Å². The molecule has 0 radical (unpaired) electrons. The Bertz CT molecular complexity index is 630. The molecule has 22 heavy (non-hydrogen) atoms. The Morgan fingerprint density at radius 3 is 2.59 bits per heavy atom. The Morgan fingerprint density at radius 1 is 1.32 bits per heavy atom. The molecule has 1 heterocycles. The number of carboxylic acids is 1. The monoisotopic (exact) mass is 332 g/mol. The van der Waals surface area contributed by atoms with Crippen molar-refractivity contribution in [3.8, 4) is 0 Å². The number of aliphatic carboxylic acids is 1. The molecule has 1 aromatic carbocycles. The van der Waals surface area contributed by atoms with Gasteiger partial charge in [0.25, 0.3) is 0 Å². The van der Waals surface area contributed by atoms with E-state index in [9.17, 15) is 23.2 Å². The molecule has 0 unspecified atom stereocenters. The van der Waals surface area contributed by atoms with Gasteiger partial charge in [0, 0.05) is 24.8 Å². The fraction of sp³-hybridized carbons (Fsp3) is 0.308. The van der Waals surface area contributed by atoms with Gasteiger partial charge in [-0.05, 0) is 12.5 Å². The molecule has 0 spiro atoms. The predicted molar refractivity (Wildman–Crippen MR) is 72.3 cm³/mol. The number of rotatable bonds is 2. The number of benzene rings is 1. The third kappa shape index (κ3) is 3.33. The Balaban J connectivity index is 2.02. The van der Waals surface area contributed by atoms with Crippen LogP contribution in [0.5, 0.6) is 0 Å². The first-order valence-corrected chi connectivity index (χ1v) is 6.65. The molecule has 9 heteroatoms. The number of carbonyl (C=O) groups is 3. The molecule has 1 aliphatic rings. The maximum Gasteiger partial charge on any atom is 0.394 e. The first kappa shape index (κ1) is 16.2. The second-order valence-corrected chi connectivity index (χ2v) is 5.19. The van der Waals surface area contributed by atoms with Crippen molar-refractivity contribution in [2.24, 2.45) is 5.92 Å². The van der Waals surface area contributed by atoms with Crippen molar-refractivity contribution in [2.75, 3.05) is 18.4 Å². The quantitative estimate of drug-likeness (QED) is 0.634. The second kappa shape index (κ2) is 6.27. The smallest absolute Gasteiger partial charge is 0.394 e. The summed E-state index contributed by atoms with van der Waals surface area (Å²) in [5.74, 6) is -6.23. The van der Waals surface area contributed by atoms with Crippen LogP contribution in [0.1, 0.15) is 6.42 Å². The third-order valence-electron chi connectivity index (χ3n) is 3.28. The lowest BCUT2D eigenvalue weighted by Gasteiger charge is -2.14. The number of likely N-dealkylation sites (tertiary alicyclic amines) is 1. The summed E-state index contributed by atoms with van der Waals surface area (Å²) in [4.78, 5) is 34.9. The second-order valence-electron chi connectivity index (χ2n) is 4.79. The summed E-state index contributed by atoms with van der Waals surface area (Å²) in [7, 11) is 0. The molecule has 0 aliphatic carbocycles. The lowest BCUT2D eigenvalue weighted by molar-refractivity contribution is -0.155. The van der Waals surface area contributed by atoms with E-state index in [2.05, 4.69) is 5.32 Å². The lowest BCUT2D eigenvalue weighted by atomic mass is 10.1. The maximum atomic E-state index is 13.2. The van der Waals surface area contributed by atoms with Gasteiger partial charge in [0.1, 0.15) is 0 Å². The molecule has 0 bridgehead atoms. The summed E-state index contributed by atoms with van der Waals surface area (Å²) in [5.41, 5.74) is -0.0167.